The molecule has 0 fully saturated rings. The average molecular weight is 332 g/mol. The third-order valence-corrected chi connectivity index (χ3v) is 3.13. The Hall–Kier alpha value is -1.43. The fourth-order valence-corrected chi connectivity index (χ4v) is 1.92. The number of carboxylic acids is 1. The van der Waals surface area contributed by atoms with Gasteiger partial charge in [0.15, 0.2) is 0 Å². The number of nitrogens with one attached hydrogen (secondary N) is 1. The molecule has 19 heavy (non-hydrogen) atoms. The molecule has 0 aromatic heterocycles. The minimum Gasteiger partial charge on any atom is -0.481 e. The Labute approximate surface area is 119 Å². The lowest BCUT2D eigenvalue weighted by molar-refractivity contribution is -0.143. The summed E-state index contributed by atoms with van der Waals surface area (Å²) in [5.74, 6) is -2.39. The van der Waals surface area contributed by atoms with E-state index >= 15 is 0 Å². The number of halogens is 2. The molecule has 0 heterocycles. The van der Waals surface area contributed by atoms with E-state index in [1.165, 1.54) is 13.0 Å². The summed E-state index contributed by atoms with van der Waals surface area (Å²) >= 11 is 3.25. The molecule has 0 radical (unpaired) electrons. The zero-order valence-corrected chi connectivity index (χ0v) is 12.0. The Bertz CT molecular complexity index is 479. The number of hydrogen-bond donors (Lipinski definition) is 2. The molecule has 1 rings (SSSR count). The van der Waals surface area contributed by atoms with E-state index in [0.717, 1.165) is 4.47 Å². The fourth-order valence-electron chi connectivity index (χ4n) is 1.51. The number of carbonyl (C=O) groups excluding carboxylic acids is 1. The van der Waals surface area contributed by atoms with E-state index in [2.05, 4.69) is 21.2 Å². The molecule has 0 aliphatic carbocycles. The van der Waals surface area contributed by atoms with Crippen LogP contribution in [0.25, 0.3) is 0 Å². The Morgan fingerprint density at radius 2 is 2.16 bits per heavy atom. The van der Waals surface area contributed by atoms with E-state index in [0.29, 0.717) is 12.0 Å². The maximum absolute atomic E-state index is 13.4. The minimum absolute atomic E-state index is 0.0731. The topological polar surface area (TPSA) is 66.4 Å². The molecule has 4 nitrogen and oxygen atoms in total. The standard InChI is InChI=1S/C13H15BrFNO3/c1-8(13(18)19)6-12(17)16-5-4-9-7-10(14)2-3-11(9)15/h2-3,7-8H,4-6H2,1H3,(H,16,17)(H,18,19). The number of amides is 1. The molecule has 1 amide bonds. The second-order valence-corrected chi connectivity index (χ2v) is 5.19. The number of benzene rings is 1. The van der Waals surface area contributed by atoms with Crippen LogP contribution in [0.3, 0.4) is 0 Å². The summed E-state index contributed by atoms with van der Waals surface area (Å²) < 4.78 is 14.2. The second-order valence-electron chi connectivity index (χ2n) is 4.28. The van der Waals surface area contributed by atoms with E-state index in [-0.39, 0.29) is 24.7 Å². The van der Waals surface area contributed by atoms with Crippen molar-refractivity contribution in [3.63, 3.8) is 0 Å². The summed E-state index contributed by atoms with van der Waals surface area (Å²) in [5.41, 5.74) is 0.501. The first kappa shape index (κ1) is 15.6. The highest BCUT2D eigenvalue weighted by Crippen LogP contribution is 2.15. The van der Waals surface area contributed by atoms with Gasteiger partial charge in [0.25, 0.3) is 0 Å². The molecule has 104 valence electrons. The van der Waals surface area contributed by atoms with Crippen LogP contribution in [0, 0.1) is 11.7 Å². The number of aliphatic carboxylic acids is 1. The van der Waals surface area contributed by atoms with Gasteiger partial charge in [-0.05, 0) is 30.2 Å². The van der Waals surface area contributed by atoms with Crippen LogP contribution in [0.1, 0.15) is 18.9 Å². The molecule has 1 atom stereocenters. The van der Waals surface area contributed by atoms with Gasteiger partial charge in [-0.1, -0.05) is 22.9 Å². The molecule has 1 aromatic carbocycles. The summed E-state index contributed by atoms with van der Waals surface area (Å²) in [5, 5.41) is 11.2. The van der Waals surface area contributed by atoms with Crippen LogP contribution in [0.4, 0.5) is 4.39 Å². The van der Waals surface area contributed by atoms with Gasteiger partial charge >= 0.3 is 5.97 Å². The van der Waals surface area contributed by atoms with Crippen molar-refractivity contribution in [3.8, 4) is 0 Å². The van der Waals surface area contributed by atoms with Crippen molar-refractivity contribution in [2.24, 2.45) is 5.92 Å². The highest BCUT2D eigenvalue weighted by Gasteiger charge is 2.15. The summed E-state index contributed by atoms with van der Waals surface area (Å²) in [7, 11) is 0. The van der Waals surface area contributed by atoms with Crippen LogP contribution >= 0.6 is 15.9 Å². The largest absolute Gasteiger partial charge is 0.481 e. The Morgan fingerprint density at radius 1 is 1.47 bits per heavy atom. The SMILES string of the molecule is CC(CC(=O)NCCc1cc(Br)ccc1F)C(=O)O. The fraction of sp³-hybridized carbons (Fsp3) is 0.385. The number of carboxylic acid groups (broad SMARTS) is 1. The van der Waals surface area contributed by atoms with Gasteiger partial charge < -0.3 is 10.4 Å². The number of hydrogen-bond acceptors (Lipinski definition) is 2. The van der Waals surface area contributed by atoms with Crippen molar-refractivity contribution in [1.82, 2.24) is 5.32 Å². The van der Waals surface area contributed by atoms with E-state index in [9.17, 15) is 14.0 Å². The van der Waals surface area contributed by atoms with Gasteiger partial charge in [-0.2, -0.15) is 0 Å². The first-order valence-electron chi connectivity index (χ1n) is 5.83. The maximum atomic E-state index is 13.4. The Kier molecular flexibility index (Phi) is 5.95. The lowest BCUT2D eigenvalue weighted by Crippen LogP contribution is -2.29. The molecule has 0 saturated heterocycles. The third-order valence-electron chi connectivity index (χ3n) is 2.64. The molecule has 6 heteroatoms. The van der Waals surface area contributed by atoms with Crippen molar-refractivity contribution < 1.29 is 19.1 Å². The predicted octanol–water partition coefficient (Wildman–Crippen LogP) is 2.36. The van der Waals surface area contributed by atoms with Crippen molar-refractivity contribution >= 4 is 27.8 Å². The second kappa shape index (κ2) is 7.23. The molecule has 1 unspecified atom stereocenters. The van der Waals surface area contributed by atoms with Gasteiger partial charge in [0.1, 0.15) is 5.82 Å². The van der Waals surface area contributed by atoms with Gasteiger partial charge in [-0.3, -0.25) is 9.59 Å². The zero-order valence-electron chi connectivity index (χ0n) is 10.5. The normalized spacial score (nSPS) is 11.9. The number of carbonyl (C=O) groups is 2. The molecular formula is C13H15BrFNO3. The van der Waals surface area contributed by atoms with E-state index in [1.54, 1.807) is 12.1 Å². The van der Waals surface area contributed by atoms with Gasteiger partial charge in [0.05, 0.1) is 5.92 Å². The van der Waals surface area contributed by atoms with Crippen LogP contribution in [0.5, 0.6) is 0 Å². The van der Waals surface area contributed by atoms with Crippen molar-refractivity contribution in [2.75, 3.05) is 6.54 Å². The lowest BCUT2D eigenvalue weighted by atomic mass is 10.1. The van der Waals surface area contributed by atoms with Crippen molar-refractivity contribution in [1.29, 1.82) is 0 Å². The quantitative estimate of drug-likeness (QED) is 0.840. The highest BCUT2D eigenvalue weighted by molar-refractivity contribution is 9.10. The number of rotatable bonds is 6. The lowest BCUT2D eigenvalue weighted by Gasteiger charge is -2.08. The van der Waals surface area contributed by atoms with Crippen LogP contribution in [0.2, 0.25) is 0 Å². The summed E-state index contributed by atoms with van der Waals surface area (Å²) in [6, 6.07) is 4.61. The van der Waals surface area contributed by atoms with Gasteiger partial charge in [0.2, 0.25) is 5.91 Å². The molecule has 2 N–H and O–H groups in total. The van der Waals surface area contributed by atoms with Gasteiger partial charge in [-0.25, -0.2) is 4.39 Å². The van der Waals surface area contributed by atoms with E-state index in [4.69, 9.17) is 5.11 Å². The zero-order chi connectivity index (χ0) is 14.4. The highest BCUT2D eigenvalue weighted by atomic mass is 79.9. The predicted molar refractivity (Wildman–Crippen MR) is 72.2 cm³/mol. The first-order chi connectivity index (χ1) is 8.90. The average Bonchev–Trinajstić information content (AvgIpc) is 2.33. The third kappa shape index (κ3) is 5.38. The summed E-state index contributed by atoms with van der Waals surface area (Å²) in [6.07, 6.45) is 0.286. The molecule has 0 aliphatic rings. The summed E-state index contributed by atoms with van der Waals surface area (Å²) in [4.78, 5) is 22.0. The Balaban J connectivity index is 2.40. The van der Waals surface area contributed by atoms with Crippen LogP contribution in [0.15, 0.2) is 22.7 Å². The van der Waals surface area contributed by atoms with Crippen LogP contribution < -0.4 is 5.32 Å². The molecular weight excluding hydrogens is 317 g/mol. The minimum atomic E-state index is -1.01. The first-order valence-corrected chi connectivity index (χ1v) is 6.63. The van der Waals surface area contributed by atoms with Crippen LogP contribution in [-0.4, -0.2) is 23.5 Å². The van der Waals surface area contributed by atoms with E-state index < -0.39 is 11.9 Å². The monoisotopic (exact) mass is 331 g/mol. The molecule has 1 aromatic rings. The van der Waals surface area contributed by atoms with Crippen molar-refractivity contribution in [3.05, 3.63) is 34.1 Å². The van der Waals surface area contributed by atoms with Gasteiger partial charge in [-0.15, -0.1) is 0 Å². The van der Waals surface area contributed by atoms with Crippen LogP contribution in [-0.2, 0) is 16.0 Å². The van der Waals surface area contributed by atoms with Gasteiger partial charge in [0, 0.05) is 17.4 Å². The maximum Gasteiger partial charge on any atom is 0.306 e. The molecule has 0 bridgehead atoms. The van der Waals surface area contributed by atoms with Crippen molar-refractivity contribution in [2.45, 2.75) is 19.8 Å². The molecule has 0 saturated carbocycles. The Morgan fingerprint density at radius 3 is 2.79 bits per heavy atom. The molecule has 0 aliphatic heterocycles. The molecule has 0 spiro atoms. The smallest absolute Gasteiger partial charge is 0.306 e. The van der Waals surface area contributed by atoms with E-state index in [1.807, 2.05) is 0 Å². The summed E-state index contributed by atoms with van der Waals surface area (Å²) in [6.45, 7) is 1.74.